The number of nitrogens with zero attached hydrogens (tertiary/aromatic N) is 1. The molecule has 1 heterocycles. The number of benzene rings is 1. The number of ketones is 1. The molecular formula is C21H31N2O4+. The van der Waals surface area contributed by atoms with Gasteiger partial charge in [0.1, 0.15) is 5.75 Å². The van der Waals surface area contributed by atoms with Crippen molar-refractivity contribution in [1.29, 1.82) is 0 Å². The van der Waals surface area contributed by atoms with Gasteiger partial charge in [0.25, 0.3) is 5.91 Å². The Bertz CT molecular complexity index is 731. The molecule has 0 radical (unpaired) electrons. The second-order valence-electron chi connectivity index (χ2n) is 7.63. The number of rotatable bonds is 8. The third-order valence-electron chi connectivity index (χ3n) is 5.22. The highest BCUT2D eigenvalue weighted by Crippen LogP contribution is 2.38. The summed E-state index contributed by atoms with van der Waals surface area (Å²) in [6, 6.07) is 7.52. The normalized spacial score (nSPS) is 17.6. The number of hydrogen-bond donors (Lipinski definition) is 2. The predicted molar refractivity (Wildman–Crippen MR) is 104 cm³/mol. The van der Waals surface area contributed by atoms with E-state index in [0.29, 0.717) is 24.4 Å². The Balaban J connectivity index is 2.39. The summed E-state index contributed by atoms with van der Waals surface area (Å²) in [6.45, 7) is 11.2. The van der Waals surface area contributed by atoms with Gasteiger partial charge < -0.3 is 19.6 Å². The SMILES string of the molecule is COc1cccc([C@@H]2C(C(C)=O)=C(O)C(=O)N2CC[NH+](C(C)C)C(C)C)c1. The van der Waals surface area contributed by atoms with E-state index in [4.69, 9.17) is 4.74 Å². The third kappa shape index (κ3) is 4.33. The van der Waals surface area contributed by atoms with Crippen molar-refractivity contribution in [2.24, 2.45) is 0 Å². The van der Waals surface area contributed by atoms with Crippen molar-refractivity contribution in [1.82, 2.24) is 4.90 Å². The van der Waals surface area contributed by atoms with Crippen molar-refractivity contribution in [3.05, 3.63) is 41.2 Å². The Kier molecular flexibility index (Phi) is 6.65. The van der Waals surface area contributed by atoms with Gasteiger partial charge in [-0.25, -0.2) is 0 Å². The van der Waals surface area contributed by atoms with Crippen LogP contribution in [0, 0.1) is 0 Å². The summed E-state index contributed by atoms with van der Waals surface area (Å²) in [7, 11) is 1.57. The highest BCUT2D eigenvalue weighted by Gasteiger charge is 2.42. The maximum absolute atomic E-state index is 12.7. The van der Waals surface area contributed by atoms with Crippen molar-refractivity contribution >= 4 is 11.7 Å². The molecule has 148 valence electrons. The van der Waals surface area contributed by atoms with Gasteiger partial charge in [-0.1, -0.05) is 12.1 Å². The molecule has 27 heavy (non-hydrogen) atoms. The quantitative estimate of drug-likeness (QED) is 0.725. The highest BCUT2D eigenvalue weighted by atomic mass is 16.5. The van der Waals surface area contributed by atoms with E-state index in [-0.39, 0.29) is 11.4 Å². The van der Waals surface area contributed by atoms with Gasteiger partial charge in [0.15, 0.2) is 11.5 Å². The molecule has 0 aromatic heterocycles. The lowest BCUT2D eigenvalue weighted by molar-refractivity contribution is -0.941. The zero-order valence-corrected chi connectivity index (χ0v) is 17.1. The number of hydrogen-bond acceptors (Lipinski definition) is 4. The molecule has 1 amide bonds. The molecule has 1 aromatic carbocycles. The summed E-state index contributed by atoms with van der Waals surface area (Å²) in [5.74, 6) is -0.579. The Labute approximate surface area is 161 Å². The Morgan fingerprint density at radius 3 is 2.41 bits per heavy atom. The summed E-state index contributed by atoms with van der Waals surface area (Å²) >= 11 is 0. The van der Waals surface area contributed by atoms with E-state index in [1.807, 2.05) is 24.3 Å². The summed E-state index contributed by atoms with van der Waals surface area (Å²) in [5, 5.41) is 10.4. The first-order valence-corrected chi connectivity index (χ1v) is 9.43. The lowest BCUT2D eigenvalue weighted by Gasteiger charge is -2.32. The zero-order valence-electron chi connectivity index (χ0n) is 17.1. The smallest absolute Gasteiger partial charge is 0.290 e. The standard InChI is InChI=1S/C21H30N2O4/c1-13(2)22(14(3)4)10-11-23-19(16-8-7-9-17(12-16)27-6)18(15(5)24)20(25)21(23)26/h7-9,12-14,19,25H,10-11H2,1-6H3/p+1/t19-/m1/s1. The van der Waals surface area contributed by atoms with Gasteiger partial charge in [-0.05, 0) is 52.3 Å². The van der Waals surface area contributed by atoms with Gasteiger partial charge in [-0.2, -0.15) is 0 Å². The van der Waals surface area contributed by atoms with Crippen LogP contribution in [0.5, 0.6) is 5.75 Å². The van der Waals surface area contributed by atoms with Gasteiger partial charge in [0.05, 0.1) is 43.9 Å². The van der Waals surface area contributed by atoms with E-state index in [0.717, 1.165) is 12.1 Å². The van der Waals surface area contributed by atoms with Crippen LogP contribution in [-0.2, 0) is 9.59 Å². The van der Waals surface area contributed by atoms with Crippen LogP contribution in [-0.4, -0.2) is 54.0 Å². The van der Waals surface area contributed by atoms with Gasteiger partial charge >= 0.3 is 0 Å². The number of quaternary nitrogens is 1. The molecule has 1 aliphatic rings. The van der Waals surface area contributed by atoms with Crippen molar-refractivity contribution in [3.8, 4) is 5.75 Å². The van der Waals surface area contributed by atoms with Crippen LogP contribution >= 0.6 is 0 Å². The number of Topliss-reactive ketones (excluding diaryl/α,β-unsaturated/α-hetero) is 1. The number of carbonyl (C=O) groups excluding carboxylic acids is 2. The third-order valence-corrected chi connectivity index (χ3v) is 5.22. The molecule has 0 saturated heterocycles. The van der Waals surface area contributed by atoms with Gasteiger partial charge in [0.2, 0.25) is 0 Å². The largest absolute Gasteiger partial charge is 0.503 e. The van der Waals surface area contributed by atoms with E-state index in [9.17, 15) is 14.7 Å². The second kappa shape index (κ2) is 8.57. The molecule has 1 aliphatic heterocycles. The molecular weight excluding hydrogens is 344 g/mol. The maximum Gasteiger partial charge on any atom is 0.290 e. The maximum atomic E-state index is 12.7. The molecule has 0 saturated carbocycles. The summed E-state index contributed by atoms with van der Waals surface area (Å²) in [4.78, 5) is 27.9. The van der Waals surface area contributed by atoms with E-state index in [1.54, 1.807) is 12.0 Å². The second-order valence-corrected chi connectivity index (χ2v) is 7.63. The molecule has 0 spiro atoms. The fourth-order valence-electron chi connectivity index (χ4n) is 3.90. The number of ether oxygens (including phenoxy) is 1. The van der Waals surface area contributed by atoms with Crippen molar-refractivity contribution < 1.29 is 24.3 Å². The molecule has 1 atom stereocenters. The number of amides is 1. The van der Waals surface area contributed by atoms with Gasteiger partial charge in [0, 0.05) is 0 Å². The monoisotopic (exact) mass is 375 g/mol. The van der Waals surface area contributed by atoms with E-state index in [1.165, 1.54) is 11.8 Å². The van der Waals surface area contributed by atoms with Crippen LogP contribution in [0.2, 0.25) is 0 Å². The first-order valence-electron chi connectivity index (χ1n) is 9.43. The molecule has 0 fully saturated rings. The molecule has 0 aliphatic carbocycles. The number of aliphatic hydroxyl groups excluding tert-OH is 1. The zero-order chi connectivity index (χ0) is 20.3. The average Bonchev–Trinajstić information content (AvgIpc) is 2.86. The Morgan fingerprint density at radius 2 is 1.89 bits per heavy atom. The molecule has 1 aromatic rings. The lowest BCUT2D eigenvalue weighted by Crippen LogP contribution is -3.18. The van der Waals surface area contributed by atoms with Gasteiger partial charge in [-0.3, -0.25) is 9.59 Å². The minimum absolute atomic E-state index is 0.156. The number of carbonyl (C=O) groups is 2. The first kappa shape index (κ1) is 21.0. The predicted octanol–water partition coefficient (Wildman–Crippen LogP) is 1.68. The van der Waals surface area contributed by atoms with Crippen LogP contribution in [0.3, 0.4) is 0 Å². The Morgan fingerprint density at radius 1 is 1.26 bits per heavy atom. The summed E-state index contributed by atoms with van der Waals surface area (Å²) in [5.41, 5.74) is 0.913. The molecule has 2 N–H and O–H groups in total. The molecule has 6 heteroatoms. The first-order chi connectivity index (χ1) is 12.7. The lowest BCUT2D eigenvalue weighted by atomic mass is 9.96. The average molecular weight is 375 g/mol. The number of methoxy groups -OCH3 is 1. The fourth-order valence-corrected chi connectivity index (χ4v) is 3.90. The summed E-state index contributed by atoms with van der Waals surface area (Å²) < 4.78 is 5.29. The van der Waals surface area contributed by atoms with Crippen molar-refractivity contribution in [2.75, 3.05) is 20.2 Å². The van der Waals surface area contributed by atoms with Crippen LogP contribution in [0.4, 0.5) is 0 Å². The molecule has 2 rings (SSSR count). The van der Waals surface area contributed by atoms with Crippen LogP contribution in [0.25, 0.3) is 0 Å². The Hall–Kier alpha value is -2.34. The highest BCUT2D eigenvalue weighted by molar-refractivity contribution is 6.08. The van der Waals surface area contributed by atoms with E-state index in [2.05, 4.69) is 27.7 Å². The molecule has 0 bridgehead atoms. The van der Waals surface area contributed by atoms with E-state index >= 15 is 0 Å². The van der Waals surface area contributed by atoms with Crippen LogP contribution in [0.15, 0.2) is 35.6 Å². The van der Waals surface area contributed by atoms with Crippen molar-refractivity contribution in [3.63, 3.8) is 0 Å². The van der Waals surface area contributed by atoms with Gasteiger partial charge in [-0.15, -0.1) is 0 Å². The minimum atomic E-state index is -0.592. The molecule has 0 unspecified atom stereocenters. The number of nitrogens with one attached hydrogen (secondary N) is 1. The van der Waals surface area contributed by atoms with E-state index < -0.39 is 17.7 Å². The van der Waals surface area contributed by atoms with Crippen LogP contribution < -0.4 is 9.64 Å². The topological polar surface area (TPSA) is 71.3 Å². The number of aliphatic hydroxyl groups is 1. The fraction of sp³-hybridized carbons (Fsp3) is 0.524. The van der Waals surface area contributed by atoms with Crippen molar-refractivity contribution in [2.45, 2.75) is 52.7 Å². The molecule has 6 nitrogen and oxygen atoms in total. The summed E-state index contributed by atoms with van der Waals surface area (Å²) in [6.07, 6.45) is 0. The minimum Gasteiger partial charge on any atom is -0.503 e. The van der Waals surface area contributed by atoms with Crippen LogP contribution in [0.1, 0.15) is 46.2 Å².